The van der Waals surface area contributed by atoms with Crippen LogP contribution in [0.15, 0.2) is 54.9 Å². The Morgan fingerprint density at radius 2 is 2.09 bits per heavy atom. The third-order valence-corrected chi connectivity index (χ3v) is 6.16. The van der Waals surface area contributed by atoms with Gasteiger partial charge in [-0.05, 0) is 23.8 Å². The summed E-state index contributed by atoms with van der Waals surface area (Å²) in [6, 6.07) is 11.8. The molecule has 0 bridgehead atoms. The first-order chi connectivity index (χ1) is 16.6. The van der Waals surface area contributed by atoms with Crippen LogP contribution in [0.3, 0.4) is 0 Å². The molecule has 2 aliphatic heterocycles. The summed E-state index contributed by atoms with van der Waals surface area (Å²) in [6.45, 7) is 8.16. The standard InChI is InChI=1S/C25H24N6O3/c1-15-11-17-3-2-4-18(23(17)34-15)25(32)29-21-13-26-30-22(21)24-27-19-6-5-16(12-20(19)28-24)14-31-7-9-33-10-8-31/h2-6,12-13H,1,7-11,14H2,(H,26,30)(H,27,28)(H,29,32). The normalized spacial score (nSPS) is 15.9. The SMILES string of the molecule is C=C1Cc2cccc(C(=O)Nc3cn[nH]c3-c3nc4ccc(CN5CCOCC5)cc4[nH]3)c2O1. The van der Waals surface area contributed by atoms with Crippen molar-refractivity contribution in [2.45, 2.75) is 13.0 Å². The molecule has 1 saturated heterocycles. The smallest absolute Gasteiger partial charge is 0.259 e. The van der Waals surface area contributed by atoms with Crippen molar-refractivity contribution in [3.8, 4) is 17.3 Å². The molecule has 0 atom stereocenters. The van der Waals surface area contributed by atoms with Gasteiger partial charge in [-0.15, -0.1) is 0 Å². The third-order valence-electron chi connectivity index (χ3n) is 6.16. The van der Waals surface area contributed by atoms with Crippen LogP contribution in [-0.4, -0.2) is 57.3 Å². The van der Waals surface area contributed by atoms with Gasteiger partial charge in [-0.2, -0.15) is 5.10 Å². The average Bonchev–Trinajstić information content (AvgIpc) is 3.56. The Morgan fingerprint density at radius 1 is 1.21 bits per heavy atom. The van der Waals surface area contributed by atoms with Gasteiger partial charge in [0.2, 0.25) is 0 Å². The number of hydrogen-bond donors (Lipinski definition) is 3. The first kappa shape index (κ1) is 20.6. The van der Waals surface area contributed by atoms with E-state index in [1.807, 2.05) is 18.2 Å². The molecule has 0 spiro atoms. The molecule has 0 unspecified atom stereocenters. The number of morpholine rings is 1. The number of aromatic nitrogens is 4. The maximum absolute atomic E-state index is 13.1. The van der Waals surface area contributed by atoms with Gasteiger partial charge in [0.05, 0.1) is 41.7 Å². The monoisotopic (exact) mass is 456 g/mol. The molecule has 0 saturated carbocycles. The molecule has 172 valence electrons. The summed E-state index contributed by atoms with van der Waals surface area (Å²) in [5.74, 6) is 1.52. The Balaban J connectivity index is 1.24. The number of fused-ring (bicyclic) bond motifs is 2. The van der Waals surface area contributed by atoms with E-state index in [1.54, 1.807) is 12.3 Å². The molecular weight excluding hydrogens is 432 g/mol. The van der Waals surface area contributed by atoms with E-state index in [1.165, 1.54) is 5.56 Å². The number of allylic oxidation sites excluding steroid dienone is 1. The van der Waals surface area contributed by atoms with Crippen molar-refractivity contribution in [2.75, 3.05) is 31.6 Å². The van der Waals surface area contributed by atoms with E-state index in [0.717, 1.165) is 49.4 Å². The fraction of sp³-hybridized carbons (Fsp3) is 0.240. The minimum absolute atomic E-state index is 0.280. The van der Waals surface area contributed by atoms with Crippen LogP contribution in [0, 0.1) is 0 Å². The molecule has 9 nitrogen and oxygen atoms in total. The predicted molar refractivity (Wildman–Crippen MR) is 128 cm³/mol. The quantitative estimate of drug-likeness (QED) is 0.424. The lowest BCUT2D eigenvalue weighted by atomic mass is 10.1. The lowest BCUT2D eigenvalue weighted by molar-refractivity contribution is 0.0342. The number of benzene rings is 2. The summed E-state index contributed by atoms with van der Waals surface area (Å²) in [4.78, 5) is 23.5. The van der Waals surface area contributed by atoms with Crippen LogP contribution in [0.1, 0.15) is 21.5 Å². The van der Waals surface area contributed by atoms with Crippen molar-refractivity contribution in [1.29, 1.82) is 0 Å². The molecular formula is C25H24N6O3. The minimum Gasteiger partial charge on any atom is -0.461 e. The maximum atomic E-state index is 13.1. The van der Waals surface area contributed by atoms with Crippen LogP contribution in [0.5, 0.6) is 5.75 Å². The summed E-state index contributed by atoms with van der Waals surface area (Å²) in [7, 11) is 0. The Kier molecular flexibility index (Phi) is 5.12. The van der Waals surface area contributed by atoms with Gasteiger partial charge in [-0.25, -0.2) is 4.98 Å². The first-order valence-corrected chi connectivity index (χ1v) is 11.3. The summed E-state index contributed by atoms with van der Waals surface area (Å²) >= 11 is 0. The highest BCUT2D eigenvalue weighted by Crippen LogP contribution is 2.34. The zero-order valence-corrected chi connectivity index (χ0v) is 18.6. The van der Waals surface area contributed by atoms with E-state index in [4.69, 9.17) is 14.5 Å². The van der Waals surface area contributed by atoms with Gasteiger partial charge >= 0.3 is 0 Å². The maximum Gasteiger partial charge on any atom is 0.259 e. The van der Waals surface area contributed by atoms with Gasteiger partial charge < -0.3 is 19.8 Å². The summed E-state index contributed by atoms with van der Waals surface area (Å²) in [6.07, 6.45) is 2.19. The molecule has 4 heterocycles. The van der Waals surface area contributed by atoms with E-state index in [9.17, 15) is 4.79 Å². The Bertz CT molecular complexity index is 1400. The zero-order valence-electron chi connectivity index (χ0n) is 18.6. The van der Waals surface area contributed by atoms with Crippen molar-refractivity contribution >= 4 is 22.6 Å². The van der Waals surface area contributed by atoms with E-state index < -0.39 is 0 Å². The molecule has 2 aliphatic rings. The number of rotatable bonds is 5. The second-order valence-corrected chi connectivity index (χ2v) is 8.55. The van der Waals surface area contributed by atoms with Gasteiger partial charge in [-0.1, -0.05) is 24.8 Å². The molecule has 2 aromatic heterocycles. The van der Waals surface area contributed by atoms with Crippen LogP contribution >= 0.6 is 0 Å². The molecule has 3 N–H and O–H groups in total. The molecule has 34 heavy (non-hydrogen) atoms. The Hall–Kier alpha value is -3.95. The number of hydrogen-bond acceptors (Lipinski definition) is 6. The largest absolute Gasteiger partial charge is 0.461 e. The molecule has 1 amide bonds. The number of nitrogens with one attached hydrogen (secondary N) is 3. The number of ether oxygens (including phenoxy) is 2. The van der Waals surface area contributed by atoms with Gasteiger partial charge in [-0.3, -0.25) is 14.8 Å². The fourth-order valence-corrected chi connectivity index (χ4v) is 4.46. The van der Waals surface area contributed by atoms with Gasteiger partial charge in [0.15, 0.2) is 5.82 Å². The molecule has 2 aromatic carbocycles. The number of amides is 1. The van der Waals surface area contributed by atoms with Crippen molar-refractivity contribution in [2.24, 2.45) is 0 Å². The summed E-state index contributed by atoms with van der Waals surface area (Å²) in [5.41, 5.74) is 5.54. The van der Waals surface area contributed by atoms with Crippen LogP contribution in [0.25, 0.3) is 22.6 Å². The lowest BCUT2D eigenvalue weighted by Gasteiger charge is -2.26. The predicted octanol–water partition coefficient (Wildman–Crippen LogP) is 3.49. The Labute approximate surface area is 195 Å². The number of imidazole rings is 1. The molecule has 0 aliphatic carbocycles. The molecule has 6 rings (SSSR count). The van der Waals surface area contributed by atoms with Crippen molar-refractivity contribution < 1.29 is 14.3 Å². The summed E-state index contributed by atoms with van der Waals surface area (Å²) in [5, 5.41) is 10.0. The van der Waals surface area contributed by atoms with Gasteiger partial charge in [0, 0.05) is 31.6 Å². The van der Waals surface area contributed by atoms with E-state index >= 15 is 0 Å². The van der Waals surface area contributed by atoms with Crippen molar-refractivity contribution in [1.82, 2.24) is 25.1 Å². The zero-order chi connectivity index (χ0) is 23.1. The van der Waals surface area contributed by atoms with Gasteiger partial charge in [0.1, 0.15) is 17.2 Å². The number of carbonyl (C=O) groups excluding carboxylic acids is 1. The highest BCUT2D eigenvalue weighted by Gasteiger charge is 2.24. The first-order valence-electron chi connectivity index (χ1n) is 11.3. The van der Waals surface area contributed by atoms with Gasteiger partial charge in [0.25, 0.3) is 5.91 Å². The molecule has 9 heteroatoms. The molecule has 4 aromatic rings. The third kappa shape index (κ3) is 3.85. The van der Waals surface area contributed by atoms with Crippen LogP contribution in [0.4, 0.5) is 5.69 Å². The topological polar surface area (TPSA) is 108 Å². The molecule has 1 fully saturated rings. The summed E-state index contributed by atoms with van der Waals surface area (Å²) < 4.78 is 11.1. The highest BCUT2D eigenvalue weighted by atomic mass is 16.5. The van der Waals surface area contributed by atoms with Crippen molar-refractivity contribution in [3.05, 3.63) is 71.6 Å². The fourth-order valence-electron chi connectivity index (χ4n) is 4.46. The molecule has 0 radical (unpaired) electrons. The Morgan fingerprint density at radius 3 is 2.97 bits per heavy atom. The number of H-pyrrole nitrogens is 2. The van der Waals surface area contributed by atoms with Crippen LogP contribution in [0.2, 0.25) is 0 Å². The number of carbonyl (C=O) groups is 1. The number of aromatic amines is 2. The number of anilines is 1. The second kappa shape index (κ2) is 8.44. The average molecular weight is 457 g/mol. The lowest BCUT2D eigenvalue weighted by Crippen LogP contribution is -2.35. The highest BCUT2D eigenvalue weighted by molar-refractivity contribution is 6.08. The van der Waals surface area contributed by atoms with Crippen LogP contribution in [-0.2, 0) is 17.7 Å². The number of nitrogens with zero attached hydrogens (tertiary/aromatic N) is 3. The number of para-hydroxylation sites is 1. The van der Waals surface area contributed by atoms with E-state index in [2.05, 4.69) is 44.1 Å². The van der Waals surface area contributed by atoms with Crippen molar-refractivity contribution in [3.63, 3.8) is 0 Å². The second-order valence-electron chi connectivity index (χ2n) is 8.55. The minimum atomic E-state index is -0.280. The van der Waals surface area contributed by atoms with E-state index in [-0.39, 0.29) is 5.91 Å². The van der Waals surface area contributed by atoms with E-state index in [0.29, 0.717) is 40.7 Å². The van der Waals surface area contributed by atoms with Crippen LogP contribution < -0.4 is 10.1 Å².